The number of benzene rings is 1. The molecule has 4 rings (SSSR count). The number of hydrogen-bond acceptors (Lipinski definition) is 4. The molecular weight excluding hydrogens is 288 g/mol. The number of fused-ring (bicyclic) bond motifs is 1. The number of ketones is 1. The monoisotopic (exact) mass is 308 g/mol. The number of nitrogens with zero attached hydrogens (tertiary/aromatic N) is 1. The van der Waals surface area contributed by atoms with E-state index in [-0.39, 0.29) is 11.7 Å². The van der Waals surface area contributed by atoms with Crippen molar-refractivity contribution in [3.63, 3.8) is 0 Å². The molecule has 0 radical (unpaired) electrons. The molecule has 4 nitrogen and oxygen atoms in total. The van der Waals surface area contributed by atoms with Crippen molar-refractivity contribution in [2.45, 2.75) is 45.4 Å². The van der Waals surface area contributed by atoms with Crippen LogP contribution in [0.5, 0.6) is 0 Å². The van der Waals surface area contributed by atoms with Gasteiger partial charge in [0.2, 0.25) is 5.88 Å². The van der Waals surface area contributed by atoms with Gasteiger partial charge in [-0.05, 0) is 37.3 Å². The molecule has 1 aliphatic heterocycles. The minimum Gasteiger partial charge on any atom is -0.338 e. The molecule has 0 bridgehead atoms. The van der Waals surface area contributed by atoms with Crippen LogP contribution in [-0.2, 0) is 11.2 Å². The van der Waals surface area contributed by atoms with Crippen LogP contribution in [0.4, 0.5) is 5.88 Å². The first kappa shape index (κ1) is 14.2. The maximum atomic E-state index is 12.6. The van der Waals surface area contributed by atoms with Crippen LogP contribution in [0.1, 0.15) is 54.5 Å². The highest BCUT2D eigenvalue weighted by Gasteiger charge is 2.38. The second-order valence-corrected chi connectivity index (χ2v) is 6.33. The van der Waals surface area contributed by atoms with E-state index in [0.717, 1.165) is 47.4 Å². The molecule has 0 fully saturated rings. The van der Waals surface area contributed by atoms with Gasteiger partial charge in [-0.2, -0.15) is 0 Å². The number of rotatable bonds is 2. The second kappa shape index (κ2) is 5.37. The lowest BCUT2D eigenvalue weighted by Gasteiger charge is -2.31. The van der Waals surface area contributed by atoms with Crippen molar-refractivity contribution in [2.75, 3.05) is 5.32 Å². The molecule has 1 N–H and O–H groups in total. The van der Waals surface area contributed by atoms with E-state index in [2.05, 4.69) is 41.7 Å². The van der Waals surface area contributed by atoms with E-state index in [1.54, 1.807) is 0 Å². The van der Waals surface area contributed by atoms with Crippen LogP contribution >= 0.6 is 0 Å². The van der Waals surface area contributed by atoms with Crippen molar-refractivity contribution in [3.8, 4) is 0 Å². The van der Waals surface area contributed by atoms with Crippen molar-refractivity contribution in [3.05, 3.63) is 57.9 Å². The van der Waals surface area contributed by atoms with E-state index >= 15 is 0 Å². The summed E-state index contributed by atoms with van der Waals surface area (Å²) >= 11 is 0. The van der Waals surface area contributed by atoms with Gasteiger partial charge < -0.3 is 9.84 Å². The minimum atomic E-state index is -0.0637. The molecule has 1 atom stereocenters. The van der Waals surface area contributed by atoms with Gasteiger partial charge >= 0.3 is 0 Å². The lowest BCUT2D eigenvalue weighted by molar-refractivity contribution is -0.116. The molecule has 1 aliphatic carbocycles. The quantitative estimate of drug-likeness (QED) is 0.907. The number of nitrogens with one attached hydrogen (secondary N) is 1. The molecule has 118 valence electrons. The maximum absolute atomic E-state index is 12.6. The summed E-state index contributed by atoms with van der Waals surface area (Å²) in [5.41, 5.74) is 6.20. The molecule has 2 heterocycles. The first-order valence-electron chi connectivity index (χ1n) is 8.27. The van der Waals surface area contributed by atoms with Crippen LogP contribution in [0.2, 0.25) is 0 Å². The fourth-order valence-electron chi connectivity index (χ4n) is 3.70. The predicted octanol–water partition coefficient (Wildman–Crippen LogP) is 4.11. The van der Waals surface area contributed by atoms with Gasteiger partial charge in [0.1, 0.15) is 0 Å². The van der Waals surface area contributed by atoms with E-state index in [4.69, 9.17) is 4.52 Å². The first-order chi connectivity index (χ1) is 11.2. The number of aromatic nitrogens is 1. The normalized spacial score (nSPS) is 20.1. The van der Waals surface area contributed by atoms with Gasteiger partial charge in [-0.1, -0.05) is 36.3 Å². The number of aryl methyl sites for hydroxylation is 2. The minimum absolute atomic E-state index is 0.0637. The van der Waals surface area contributed by atoms with Crippen LogP contribution in [0.15, 0.2) is 40.1 Å². The van der Waals surface area contributed by atoms with Gasteiger partial charge in [0, 0.05) is 23.6 Å². The van der Waals surface area contributed by atoms with Gasteiger partial charge in [0.05, 0.1) is 11.3 Å². The molecule has 2 aromatic rings. The molecule has 4 heteroatoms. The molecule has 0 spiro atoms. The van der Waals surface area contributed by atoms with Gasteiger partial charge in [-0.15, -0.1) is 0 Å². The molecule has 1 aromatic heterocycles. The smallest absolute Gasteiger partial charge is 0.233 e. The van der Waals surface area contributed by atoms with Gasteiger partial charge in [-0.3, -0.25) is 4.79 Å². The van der Waals surface area contributed by atoms with E-state index in [1.807, 2.05) is 6.92 Å². The molecule has 2 aliphatic rings. The van der Waals surface area contributed by atoms with Crippen LogP contribution in [0.25, 0.3) is 0 Å². The fourth-order valence-corrected chi connectivity index (χ4v) is 3.70. The highest BCUT2D eigenvalue weighted by Crippen LogP contribution is 2.46. The highest BCUT2D eigenvalue weighted by atomic mass is 16.5. The number of hydrogen-bond donors (Lipinski definition) is 1. The highest BCUT2D eigenvalue weighted by molar-refractivity contribution is 6.00. The summed E-state index contributed by atoms with van der Waals surface area (Å²) in [6.07, 6.45) is 3.43. The Labute approximate surface area is 135 Å². The number of carbonyl (C=O) groups excluding carboxylic acids is 1. The Morgan fingerprint density at radius 3 is 2.78 bits per heavy atom. The molecular formula is C19H20N2O2. The molecule has 0 amide bonds. The Hall–Kier alpha value is -2.36. The third-order valence-electron chi connectivity index (χ3n) is 4.93. The van der Waals surface area contributed by atoms with Gasteiger partial charge in [0.25, 0.3) is 0 Å². The van der Waals surface area contributed by atoms with Crippen LogP contribution in [0, 0.1) is 6.92 Å². The largest absolute Gasteiger partial charge is 0.338 e. The summed E-state index contributed by atoms with van der Waals surface area (Å²) in [4.78, 5) is 12.6. The molecule has 23 heavy (non-hydrogen) atoms. The summed E-state index contributed by atoms with van der Waals surface area (Å²) in [5.74, 6) is 0.876. The van der Waals surface area contributed by atoms with Crippen molar-refractivity contribution in [1.29, 1.82) is 0 Å². The Kier molecular flexibility index (Phi) is 3.33. The standard InChI is InChI=1S/C19H20N2O2/c1-3-12-7-9-13(10-8-12)17-16-11(2)21-23-19(16)20-14-5-4-6-15(22)18(14)17/h7-10,17,20H,3-6H2,1-2H3/t17-/m0/s1. The van der Waals surface area contributed by atoms with Crippen LogP contribution < -0.4 is 5.32 Å². The Morgan fingerprint density at radius 1 is 1.26 bits per heavy atom. The molecule has 1 aromatic carbocycles. The van der Waals surface area contributed by atoms with Crippen molar-refractivity contribution >= 4 is 11.7 Å². The molecule has 0 saturated heterocycles. The van der Waals surface area contributed by atoms with Crippen LogP contribution in [-0.4, -0.2) is 10.9 Å². The lowest BCUT2D eigenvalue weighted by atomic mass is 9.76. The van der Waals surface area contributed by atoms with Crippen molar-refractivity contribution in [1.82, 2.24) is 5.16 Å². The lowest BCUT2D eigenvalue weighted by Crippen LogP contribution is -2.26. The van der Waals surface area contributed by atoms with Gasteiger partial charge in [-0.25, -0.2) is 0 Å². The maximum Gasteiger partial charge on any atom is 0.233 e. The summed E-state index contributed by atoms with van der Waals surface area (Å²) in [6, 6.07) is 8.57. The zero-order chi connectivity index (χ0) is 16.0. The second-order valence-electron chi connectivity index (χ2n) is 6.33. The van der Waals surface area contributed by atoms with Crippen molar-refractivity contribution in [2.24, 2.45) is 0 Å². The third-order valence-corrected chi connectivity index (χ3v) is 4.93. The zero-order valence-electron chi connectivity index (χ0n) is 13.5. The number of anilines is 1. The summed E-state index contributed by atoms with van der Waals surface area (Å²) in [5, 5.41) is 7.42. The van der Waals surface area contributed by atoms with Crippen LogP contribution in [0.3, 0.4) is 0 Å². The molecule has 0 unspecified atom stereocenters. The van der Waals surface area contributed by atoms with Gasteiger partial charge in [0.15, 0.2) is 5.78 Å². The van der Waals surface area contributed by atoms with E-state index in [0.29, 0.717) is 12.3 Å². The Bertz CT molecular complexity index is 799. The number of allylic oxidation sites excluding steroid dienone is 2. The SMILES string of the molecule is CCc1ccc([C@@H]2C3=C(CCCC3=O)Nc3onc(C)c32)cc1. The number of Topliss-reactive ketones (excluding diaryl/α,β-unsaturated/α-hetero) is 1. The zero-order valence-corrected chi connectivity index (χ0v) is 13.5. The Balaban J connectivity index is 1.90. The number of carbonyl (C=O) groups is 1. The van der Waals surface area contributed by atoms with E-state index < -0.39 is 0 Å². The molecule has 0 saturated carbocycles. The average Bonchev–Trinajstić information content (AvgIpc) is 2.94. The van der Waals surface area contributed by atoms with E-state index in [9.17, 15) is 4.79 Å². The fraction of sp³-hybridized carbons (Fsp3) is 0.368. The first-order valence-corrected chi connectivity index (χ1v) is 8.27. The predicted molar refractivity (Wildman–Crippen MR) is 88.4 cm³/mol. The third kappa shape index (κ3) is 2.21. The summed E-state index contributed by atoms with van der Waals surface area (Å²) < 4.78 is 5.46. The topological polar surface area (TPSA) is 55.1 Å². The van der Waals surface area contributed by atoms with E-state index in [1.165, 1.54) is 5.56 Å². The summed E-state index contributed by atoms with van der Waals surface area (Å²) in [7, 11) is 0. The Morgan fingerprint density at radius 2 is 2.04 bits per heavy atom. The van der Waals surface area contributed by atoms with Crippen molar-refractivity contribution < 1.29 is 9.32 Å². The average molecular weight is 308 g/mol. The summed E-state index contributed by atoms with van der Waals surface area (Å²) in [6.45, 7) is 4.09.